The van der Waals surface area contributed by atoms with Crippen molar-refractivity contribution in [1.82, 2.24) is 15.1 Å². The van der Waals surface area contributed by atoms with Crippen LogP contribution in [0.1, 0.15) is 29.3 Å². The molecule has 3 N–H and O–H groups in total. The van der Waals surface area contributed by atoms with Crippen LogP contribution in [0.5, 0.6) is 5.75 Å². The fourth-order valence-corrected chi connectivity index (χ4v) is 4.33. The number of hydrogen-bond acceptors (Lipinski definition) is 5. The molecule has 1 unspecified atom stereocenters. The van der Waals surface area contributed by atoms with Crippen LogP contribution in [0.2, 0.25) is 0 Å². The van der Waals surface area contributed by atoms with E-state index in [1.165, 1.54) is 16.9 Å². The number of carbonyl (C=O) groups is 2. The highest BCUT2D eigenvalue weighted by atomic mass is 32.1. The van der Waals surface area contributed by atoms with Crippen LogP contribution in [-0.2, 0) is 11.3 Å². The average molecular weight is 417 g/mol. The topological polar surface area (TPSA) is 87.9 Å². The molecule has 156 valence electrons. The summed E-state index contributed by atoms with van der Waals surface area (Å²) in [6.45, 7) is 4.04. The lowest BCUT2D eigenvalue weighted by Crippen LogP contribution is -2.39. The summed E-state index contributed by atoms with van der Waals surface area (Å²) < 4.78 is 5.21. The summed E-state index contributed by atoms with van der Waals surface area (Å²) in [5.74, 6) is 0.898. The molecular formula is C21H28N4O3S. The Morgan fingerprint density at radius 2 is 1.97 bits per heavy atom. The van der Waals surface area contributed by atoms with E-state index in [0.717, 1.165) is 43.2 Å². The van der Waals surface area contributed by atoms with Crippen molar-refractivity contribution >= 4 is 23.3 Å². The molecule has 1 atom stereocenters. The molecule has 0 saturated carbocycles. The molecule has 8 heteroatoms. The molecule has 3 amide bonds. The number of ether oxygens (including phenoxy) is 1. The molecule has 2 heterocycles. The quantitative estimate of drug-likeness (QED) is 0.726. The number of carbonyl (C=O) groups excluding carboxylic acids is 2. The number of benzene rings is 1. The Balaban J connectivity index is 1.54. The summed E-state index contributed by atoms with van der Waals surface area (Å²) in [6, 6.07) is 10.9. The average Bonchev–Trinajstić information content (AvgIpc) is 3.15. The minimum Gasteiger partial charge on any atom is -0.497 e. The molecule has 1 aliphatic heterocycles. The van der Waals surface area contributed by atoms with E-state index in [-0.39, 0.29) is 18.4 Å². The van der Waals surface area contributed by atoms with E-state index in [9.17, 15) is 9.59 Å². The second-order valence-corrected chi connectivity index (χ2v) is 8.12. The van der Waals surface area contributed by atoms with Crippen LogP contribution in [-0.4, -0.2) is 55.0 Å². The van der Waals surface area contributed by atoms with Crippen LogP contribution in [0.15, 0.2) is 41.8 Å². The lowest BCUT2D eigenvalue weighted by atomic mass is 10.1. The number of primary amides is 1. The second kappa shape index (κ2) is 10.3. The molecule has 0 radical (unpaired) electrons. The van der Waals surface area contributed by atoms with Gasteiger partial charge in [-0.2, -0.15) is 0 Å². The maximum Gasteiger partial charge on any atom is 0.312 e. The van der Waals surface area contributed by atoms with Gasteiger partial charge in [-0.3, -0.25) is 9.69 Å². The molecule has 1 saturated heterocycles. The molecule has 0 aliphatic carbocycles. The van der Waals surface area contributed by atoms with Gasteiger partial charge in [0.15, 0.2) is 0 Å². The van der Waals surface area contributed by atoms with Crippen LogP contribution in [0.4, 0.5) is 4.79 Å². The number of nitrogens with zero attached hydrogens (tertiary/aromatic N) is 2. The van der Waals surface area contributed by atoms with Gasteiger partial charge in [0, 0.05) is 37.6 Å². The van der Waals surface area contributed by atoms with Gasteiger partial charge in [0.25, 0.3) is 0 Å². The van der Waals surface area contributed by atoms with Gasteiger partial charge < -0.3 is 20.7 Å². The van der Waals surface area contributed by atoms with E-state index in [1.54, 1.807) is 7.11 Å². The van der Waals surface area contributed by atoms with Crippen molar-refractivity contribution in [3.05, 3.63) is 52.2 Å². The number of methoxy groups -OCH3 is 1. The molecule has 0 bridgehead atoms. The van der Waals surface area contributed by atoms with Crippen molar-refractivity contribution in [2.24, 2.45) is 5.73 Å². The number of hydrogen-bond donors (Lipinski definition) is 2. The van der Waals surface area contributed by atoms with Gasteiger partial charge in [0.05, 0.1) is 19.6 Å². The molecule has 1 aromatic heterocycles. The first kappa shape index (κ1) is 21.1. The van der Waals surface area contributed by atoms with Gasteiger partial charge in [-0.05, 0) is 35.6 Å². The minimum absolute atomic E-state index is 0.0449. The Kier molecular flexibility index (Phi) is 7.48. The van der Waals surface area contributed by atoms with Gasteiger partial charge in [-0.1, -0.05) is 18.2 Å². The standard InChI is InChI=1S/C21H28N4O3S/c1-28-17-7-5-16(6-8-17)15-24-9-3-10-25(12-11-24)20(26)14-18(23-21(22)27)19-4-2-13-29-19/h2,4-8,13,18H,3,9-12,14-15H2,1H3,(H3,22,23,27). The number of thiophene rings is 1. The van der Waals surface area contributed by atoms with Crippen molar-refractivity contribution in [3.8, 4) is 5.75 Å². The SMILES string of the molecule is COc1ccc(CN2CCCN(C(=O)CC(NC(N)=O)c3cccs3)CC2)cc1. The lowest BCUT2D eigenvalue weighted by molar-refractivity contribution is -0.131. The van der Waals surface area contributed by atoms with Crippen molar-refractivity contribution in [2.75, 3.05) is 33.3 Å². The predicted molar refractivity (Wildman–Crippen MR) is 114 cm³/mol. The highest BCUT2D eigenvalue weighted by molar-refractivity contribution is 7.10. The third kappa shape index (κ3) is 6.20. The van der Waals surface area contributed by atoms with Gasteiger partial charge >= 0.3 is 6.03 Å². The Hall–Kier alpha value is -2.58. The summed E-state index contributed by atoms with van der Waals surface area (Å²) in [4.78, 5) is 29.4. The van der Waals surface area contributed by atoms with Gasteiger partial charge in [0.2, 0.25) is 5.91 Å². The molecule has 2 aromatic rings. The highest BCUT2D eigenvalue weighted by Crippen LogP contribution is 2.23. The first-order valence-corrected chi connectivity index (χ1v) is 10.7. The normalized spacial score (nSPS) is 16.1. The maximum absolute atomic E-state index is 12.9. The van der Waals surface area contributed by atoms with E-state index in [0.29, 0.717) is 6.54 Å². The number of rotatable bonds is 7. The zero-order chi connectivity index (χ0) is 20.6. The molecule has 3 rings (SSSR count). The smallest absolute Gasteiger partial charge is 0.312 e. The predicted octanol–water partition coefficient (Wildman–Crippen LogP) is 2.59. The van der Waals surface area contributed by atoms with Crippen LogP contribution in [0.25, 0.3) is 0 Å². The molecule has 1 aromatic carbocycles. The van der Waals surface area contributed by atoms with E-state index in [2.05, 4.69) is 22.3 Å². The zero-order valence-corrected chi connectivity index (χ0v) is 17.5. The fraction of sp³-hybridized carbons (Fsp3) is 0.429. The number of nitrogens with one attached hydrogen (secondary N) is 1. The third-order valence-corrected chi connectivity index (χ3v) is 6.07. The van der Waals surface area contributed by atoms with E-state index in [1.807, 2.05) is 34.5 Å². The number of nitrogens with two attached hydrogens (primary N) is 1. The molecule has 0 spiro atoms. The Morgan fingerprint density at radius 1 is 1.17 bits per heavy atom. The van der Waals surface area contributed by atoms with Crippen LogP contribution >= 0.6 is 11.3 Å². The summed E-state index contributed by atoms with van der Waals surface area (Å²) >= 11 is 1.51. The summed E-state index contributed by atoms with van der Waals surface area (Å²) in [5, 5.41) is 4.63. The second-order valence-electron chi connectivity index (χ2n) is 7.14. The van der Waals surface area contributed by atoms with Gasteiger partial charge in [0.1, 0.15) is 5.75 Å². The third-order valence-electron chi connectivity index (χ3n) is 5.09. The van der Waals surface area contributed by atoms with E-state index >= 15 is 0 Å². The van der Waals surface area contributed by atoms with Crippen molar-refractivity contribution in [3.63, 3.8) is 0 Å². The van der Waals surface area contributed by atoms with Gasteiger partial charge in [-0.15, -0.1) is 11.3 Å². The van der Waals surface area contributed by atoms with E-state index < -0.39 is 6.03 Å². The summed E-state index contributed by atoms with van der Waals surface area (Å²) in [7, 11) is 1.66. The van der Waals surface area contributed by atoms with Crippen molar-refractivity contribution in [1.29, 1.82) is 0 Å². The maximum atomic E-state index is 12.9. The van der Waals surface area contributed by atoms with Crippen molar-refractivity contribution < 1.29 is 14.3 Å². The monoisotopic (exact) mass is 416 g/mol. The zero-order valence-electron chi connectivity index (χ0n) is 16.7. The van der Waals surface area contributed by atoms with Gasteiger partial charge in [-0.25, -0.2) is 4.79 Å². The molecule has 1 fully saturated rings. The summed E-state index contributed by atoms with van der Waals surface area (Å²) in [5.41, 5.74) is 6.53. The molecular weight excluding hydrogens is 388 g/mol. The lowest BCUT2D eigenvalue weighted by Gasteiger charge is -2.24. The highest BCUT2D eigenvalue weighted by Gasteiger charge is 2.24. The van der Waals surface area contributed by atoms with Crippen LogP contribution < -0.4 is 15.8 Å². The molecule has 1 aliphatic rings. The Labute approximate surface area is 175 Å². The van der Waals surface area contributed by atoms with Crippen LogP contribution in [0.3, 0.4) is 0 Å². The fourth-order valence-electron chi connectivity index (χ4n) is 3.56. The minimum atomic E-state index is -0.613. The van der Waals surface area contributed by atoms with Crippen LogP contribution in [0, 0.1) is 0 Å². The number of urea groups is 1. The largest absolute Gasteiger partial charge is 0.497 e. The number of amides is 3. The first-order chi connectivity index (χ1) is 14.0. The molecule has 29 heavy (non-hydrogen) atoms. The molecule has 7 nitrogen and oxygen atoms in total. The Bertz CT molecular complexity index is 795. The summed E-state index contributed by atoms with van der Waals surface area (Å²) in [6.07, 6.45) is 1.15. The van der Waals surface area contributed by atoms with Crippen molar-refractivity contribution in [2.45, 2.75) is 25.4 Å². The Morgan fingerprint density at radius 3 is 2.62 bits per heavy atom. The first-order valence-electron chi connectivity index (χ1n) is 9.77. The van der Waals surface area contributed by atoms with E-state index in [4.69, 9.17) is 10.5 Å².